The van der Waals surface area contributed by atoms with Crippen molar-refractivity contribution in [2.45, 2.75) is 6.92 Å². The largest absolute Gasteiger partial charge is 0.384 e. The van der Waals surface area contributed by atoms with Crippen LogP contribution in [0.3, 0.4) is 0 Å². The number of aryl methyl sites for hydroxylation is 1. The van der Waals surface area contributed by atoms with Crippen molar-refractivity contribution in [2.75, 3.05) is 5.73 Å². The lowest BCUT2D eigenvalue weighted by Crippen LogP contribution is -1.87. The quantitative estimate of drug-likeness (QED) is 0.675. The van der Waals surface area contributed by atoms with E-state index in [1.165, 1.54) is 0 Å². The number of nitrogens with two attached hydrogens (primary N) is 1. The minimum Gasteiger partial charge on any atom is -0.384 e. The van der Waals surface area contributed by atoms with Crippen molar-refractivity contribution in [3.05, 3.63) is 29.4 Å². The lowest BCUT2D eigenvalue weighted by atomic mass is 10.1. The predicted molar refractivity (Wildman–Crippen MR) is 66.4 cm³/mol. The molecule has 0 spiro atoms. The fourth-order valence-electron chi connectivity index (χ4n) is 1.78. The molecule has 16 heavy (non-hydrogen) atoms. The standard InChI is InChI=1S/C11H10N4S/c1-6-14-9-4-2-3-7(10(9)16-6)8-5-13-15-11(8)12/h2-5H,1H3,(H3,12,13,15). The molecule has 0 amide bonds. The van der Waals surface area contributed by atoms with Crippen LogP contribution in [0.1, 0.15) is 5.01 Å². The molecule has 4 nitrogen and oxygen atoms in total. The maximum Gasteiger partial charge on any atom is 0.126 e. The summed E-state index contributed by atoms with van der Waals surface area (Å²) in [4.78, 5) is 4.46. The van der Waals surface area contributed by atoms with Crippen LogP contribution in [-0.2, 0) is 0 Å². The van der Waals surface area contributed by atoms with E-state index < -0.39 is 0 Å². The maximum atomic E-state index is 5.84. The Morgan fingerprint density at radius 3 is 2.94 bits per heavy atom. The summed E-state index contributed by atoms with van der Waals surface area (Å²) in [6, 6.07) is 6.04. The van der Waals surface area contributed by atoms with Crippen molar-refractivity contribution >= 4 is 27.4 Å². The van der Waals surface area contributed by atoms with Crippen molar-refractivity contribution < 1.29 is 0 Å². The van der Waals surface area contributed by atoms with Crippen molar-refractivity contribution in [2.24, 2.45) is 0 Å². The van der Waals surface area contributed by atoms with Gasteiger partial charge in [0.2, 0.25) is 0 Å². The molecule has 2 heterocycles. The average Bonchev–Trinajstić information content (AvgIpc) is 2.82. The van der Waals surface area contributed by atoms with Gasteiger partial charge in [-0.2, -0.15) is 5.10 Å². The monoisotopic (exact) mass is 230 g/mol. The molecule has 3 rings (SSSR count). The molecular weight excluding hydrogens is 220 g/mol. The first kappa shape index (κ1) is 9.35. The second-order valence-corrected chi connectivity index (χ2v) is 4.79. The number of nitrogens with zero attached hydrogens (tertiary/aromatic N) is 2. The van der Waals surface area contributed by atoms with Gasteiger partial charge in [-0.3, -0.25) is 5.10 Å². The van der Waals surface area contributed by atoms with E-state index in [0.717, 1.165) is 26.4 Å². The number of aromatic nitrogens is 3. The average molecular weight is 230 g/mol. The molecule has 0 aliphatic heterocycles. The number of fused-ring (bicyclic) bond motifs is 1. The molecule has 0 bridgehead atoms. The number of anilines is 1. The van der Waals surface area contributed by atoms with Crippen molar-refractivity contribution in [3.63, 3.8) is 0 Å². The van der Waals surface area contributed by atoms with E-state index in [1.807, 2.05) is 25.1 Å². The smallest absolute Gasteiger partial charge is 0.126 e. The van der Waals surface area contributed by atoms with Gasteiger partial charge in [0.15, 0.2) is 0 Å². The highest BCUT2D eigenvalue weighted by Crippen LogP contribution is 2.34. The first-order chi connectivity index (χ1) is 7.75. The zero-order valence-corrected chi connectivity index (χ0v) is 9.51. The van der Waals surface area contributed by atoms with Gasteiger partial charge < -0.3 is 5.73 Å². The SMILES string of the molecule is Cc1nc2cccc(-c3cn[nH]c3N)c2s1. The first-order valence-corrected chi connectivity index (χ1v) is 5.73. The molecule has 0 saturated carbocycles. The third kappa shape index (κ3) is 1.29. The number of nitrogens with one attached hydrogen (secondary N) is 1. The third-order valence-electron chi connectivity index (χ3n) is 2.48. The van der Waals surface area contributed by atoms with Crippen LogP contribution in [0.15, 0.2) is 24.4 Å². The van der Waals surface area contributed by atoms with Crippen LogP contribution >= 0.6 is 11.3 Å². The summed E-state index contributed by atoms with van der Waals surface area (Å²) in [6.45, 7) is 2.01. The Bertz CT molecular complexity index is 653. The normalized spacial score (nSPS) is 11.1. The van der Waals surface area contributed by atoms with Gasteiger partial charge in [0.25, 0.3) is 0 Å². The molecule has 0 fully saturated rings. The third-order valence-corrected chi connectivity index (χ3v) is 3.50. The van der Waals surface area contributed by atoms with Crippen LogP contribution in [0, 0.1) is 6.92 Å². The Balaban J connectivity index is 2.35. The van der Waals surface area contributed by atoms with Gasteiger partial charge in [-0.05, 0) is 13.0 Å². The second kappa shape index (κ2) is 3.31. The summed E-state index contributed by atoms with van der Waals surface area (Å²) in [5, 5.41) is 7.76. The van der Waals surface area contributed by atoms with E-state index >= 15 is 0 Å². The summed E-state index contributed by atoms with van der Waals surface area (Å²) in [6.07, 6.45) is 1.75. The Hall–Kier alpha value is -1.88. The zero-order chi connectivity index (χ0) is 11.1. The Labute approximate surface area is 96.1 Å². The molecule has 2 aromatic heterocycles. The highest BCUT2D eigenvalue weighted by atomic mass is 32.1. The summed E-state index contributed by atoms with van der Waals surface area (Å²) >= 11 is 1.68. The number of hydrogen-bond donors (Lipinski definition) is 2. The van der Waals surface area contributed by atoms with Crippen molar-refractivity contribution in [1.29, 1.82) is 0 Å². The van der Waals surface area contributed by atoms with E-state index in [1.54, 1.807) is 17.5 Å². The van der Waals surface area contributed by atoms with Crippen LogP contribution in [0.4, 0.5) is 5.82 Å². The lowest BCUT2D eigenvalue weighted by molar-refractivity contribution is 1.10. The van der Waals surface area contributed by atoms with Crippen LogP contribution in [0.5, 0.6) is 0 Å². The van der Waals surface area contributed by atoms with Gasteiger partial charge >= 0.3 is 0 Å². The van der Waals surface area contributed by atoms with Gasteiger partial charge in [0.1, 0.15) is 5.82 Å². The fourth-order valence-corrected chi connectivity index (χ4v) is 2.73. The summed E-state index contributed by atoms with van der Waals surface area (Å²) < 4.78 is 1.16. The van der Waals surface area contributed by atoms with Gasteiger partial charge in [0.05, 0.1) is 21.4 Å². The molecule has 3 N–H and O–H groups in total. The van der Waals surface area contributed by atoms with Gasteiger partial charge in [-0.1, -0.05) is 12.1 Å². The minimum absolute atomic E-state index is 0.596. The number of nitrogen functional groups attached to an aromatic ring is 1. The minimum atomic E-state index is 0.596. The van der Waals surface area contributed by atoms with Gasteiger partial charge in [0, 0.05) is 11.1 Å². The van der Waals surface area contributed by atoms with Gasteiger partial charge in [-0.25, -0.2) is 4.98 Å². The number of thiazole rings is 1. The molecule has 5 heteroatoms. The van der Waals surface area contributed by atoms with E-state index in [2.05, 4.69) is 15.2 Å². The lowest BCUT2D eigenvalue weighted by Gasteiger charge is -1.99. The summed E-state index contributed by atoms with van der Waals surface area (Å²) in [5.41, 5.74) is 8.88. The first-order valence-electron chi connectivity index (χ1n) is 4.91. The highest BCUT2D eigenvalue weighted by molar-refractivity contribution is 7.19. The van der Waals surface area contributed by atoms with E-state index in [4.69, 9.17) is 5.73 Å². The number of hydrogen-bond acceptors (Lipinski definition) is 4. The van der Waals surface area contributed by atoms with Crippen LogP contribution < -0.4 is 5.73 Å². The van der Waals surface area contributed by atoms with Gasteiger partial charge in [-0.15, -0.1) is 11.3 Å². The molecule has 3 aromatic rings. The molecular formula is C11H10N4S. The predicted octanol–water partition coefficient (Wildman–Crippen LogP) is 2.58. The van der Waals surface area contributed by atoms with Crippen LogP contribution in [0.2, 0.25) is 0 Å². The highest BCUT2D eigenvalue weighted by Gasteiger charge is 2.11. The molecule has 1 aromatic carbocycles. The van der Waals surface area contributed by atoms with E-state index in [0.29, 0.717) is 5.82 Å². The topological polar surface area (TPSA) is 67.6 Å². The zero-order valence-electron chi connectivity index (χ0n) is 8.69. The molecule has 0 aliphatic carbocycles. The fraction of sp³-hybridized carbons (Fsp3) is 0.0909. The van der Waals surface area contributed by atoms with Crippen molar-refractivity contribution in [1.82, 2.24) is 15.2 Å². The van der Waals surface area contributed by atoms with E-state index in [9.17, 15) is 0 Å². The van der Waals surface area contributed by atoms with Crippen LogP contribution in [0.25, 0.3) is 21.3 Å². The molecule has 0 unspecified atom stereocenters. The number of rotatable bonds is 1. The molecule has 0 atom stereocenters. The Morgan fingerprint density at radius 1 is 1.31 bits per heavy atom. The number of benzene rings is 1. The van der Waals surface area contributed by atoms with E-state index in [-0.39, 0.29) is 0 Å². The summed E-state index contributed by atoms with van der Waals surface area (Å²) in [5.74, 6) is 0.596. The maximum absolute atomic E-state index is 5.84. The van der Waals surface area contributed by atoms with Crippen LogP contribution in [-0.4, -0.2) is 15.2 Å². The molecule has 0 aliphatic rings. The Kier molecular flexibility index (Phi) is 1.94. The van der Waals surface area contributed by atoms with Crippen molar-refractivity contribution in [3.8, 4) is 11.1 Å². The molecule has 0 saturated heterocycles. The number of aromatic amines is 1. The summed E-state index contributed by atoms with van der Waals surface area (Å²) in [7, 11) is 0. The molecule has 0 radical (unpaired) electrons. The molecule has 80 valence electrons. The number of H-pyrrole nitrogens is 1. The second-order valence-electron chi connectivity index (χ2n) is 3.58. The Morgan fingerprint density at radius 2 is 2.19 bits per heavy atom.